The van der Waals surface area contributed by atoms with Gasteiger partial charge in [0.15, 0.2) is 0 Å². The van der Waals surface area contributed by atoms with Crippen LogP contribution in [0.15, 0.2) is 18.5 Å². The van der Waals surface area contributed by atoms with Crippen LogP contribution < -0.4 is 10.2 Å². The molecule has 0 aromatic carbocycles. The van der Waals surface area contributed by atoms with Gasteiger partial charge in [-0.25, -0.2) is 9.97 Å². The Morgan fingerprint density at radius 3 is 2.75 bits per heavy atom. The number of fused-ring (bicyclic) bond motifs is 1. The molecule has 2 aliphatic rings. The van der Waals surface area contributed by atoms with Crippen molar-refractivity contribution in [1.82, 2.24) is 15.3 Å². The van der Waals surface area contributed by atoms with Gasteiger partial charge in [-0.05, 0) is 45.1 Å². The van der Waals surface area contributed by atoms with Gasteiger partial charge in [-0.3, -0.25) is 4.79 Å². The molecule has 1 saturated carbocycles. The lowest BCUT2D eigenvalue weighted by molar-refractivity contribution is -0.123. The highest BCUT2D eigenvalue weighted by atomic mass is 16.5. The minimum absolute atomic E-state index is 0.0574. The summed E-state index contributed by atoms with van der Waals surface area (Å²) in [6.07, 6.45) is 9.19. The van der Waals surface area contributed by atoms with E-state index in [9.17, 15) is 4.79 Å². The van der Waals surface area contributed by atoms with E-state index in [1.165, 1.54) is 19.3 Å². The first-order valence-electron chi connectivity index (χ1n) is 8.90. The molecule has 24 heavy (non-hydrogen) atoms. The number of nitrogens with zero attached hydrogens (tertiary/aromatic N) is 3. The van der Waals surface area contributed by atoms with E-state index in [4.69, 9.17) is 4.74 Å². The van der Waals surface area contributed by atoms with Crippen LogP contribution in [-0.4, -0.2) is 47.2 Å². The highest BCUT2D eigenvalue weighted by Gasteiger charge is 2.46. The molecule has 3 rings (SSSR count). The van der Waals surface area contributed by atoms with Crippen molar-refractivity contribution in [2.24, 2.45) is 5.92 Å². The van der Waals surface area contributed by atoms with E-state index in [1.54, 1.807) is 19.5 Å². The molecule has 1 amide bonds. The summed E-state index contributed by atoms with van der Waals surface area (Å²) in [4.78, 5) is 23.9. The van der Waals surface area contributed by atoms with Gasteiger partial charge in [0.25, 0.3) is 0 Å². The van der Waals surface area contributed by atoms with Crippen LogP contribution in [0.4, 0.5) is 5.95 Å². The van der Waals surface area contributed by atoms with E-state index in [0.717, 1.165) is 12.8 Å². The van der Waals surface area contributed by atoms with Gasteiger partial charge in [0.05, 0.1) is 5.60 Å². The van der Waals surface area contributed by atoms with Crippen LogP contribution in [0.5, 0.6) is 0 Å². The number of aromatic nitrogens is 2. The van der Waals surface area contributed by atoms with Crippen LogP contribution in [0.25, 0.3) is 0 Å². The van der Waals surface area contributed by atoms with Crippen molar-refractivity contribution in [3.05, 3.63) is 18.5 Å². The summed E-state index contributed by atoms with van der Waals surface area (Å²) in [5, 5.41) is 3.06. The fourth-order valence-electron chi connectivity index (χ4n) is 3.90. The SMILES string of the molecule is COC(C)(C)CNC(=O)C1CC2CCCCC2N1c1ncccn1. The Bertz CT molecular complexity index is 563. The Labute approximate surface area is 144 Å². The van der Waals surface area contributed by atoms with Gasteiger partial charge in [0, 0.05) is 32.1 Å². The van der Waals surface area contributed by atoms with Crippen molar-refractivity contribution in [1.29, 1.82) is 0 Å². The predicted molar refractivity (Wildman–Crippen MR) is 92.8 cm³/mol. The summed E-state index contributed by atoms with van der Waals surface area (Å²) in [6.45, 7) is 4.44. The maximum absolute atomic E-state index is 12.9. The van der Waals surface area contributed by atoms with Gasteiger partial charge in [-0.15, -0.1) is 0 Å². The largest absolute Gasteiger partial charge is 0.377 e. The van der Waals surface area contributed by atoms with Crippen LogP contribution in [0.2, 0.25) is 0 Å². The fraction of sp³-hybridized carbons (Fsp3) is 0.722. The molecule has 1 aromatic heterocycles. The molecule has 0 bridgehead atoms. The second kappa shape index (κ2) is 7.05. The number of ether oxygens (including phenoxy) is 1. The standard InChI is InChI=1S/C18H28N4O2/c1-18(2,24-3)12-21-16(23)15-11-13-7-4-5-8-14(13)22(15)17-19-9-6-10-20-17/h6,9-10,13-15H,4-5,7-8,11-12H2,1-3H3,(H,21,23). The average Bonchev–Trinajstić information content (AvgIpc) is 3.00. The number of methoxy groups -OCH3 is 1. The maximum atomic E-state index is 12.9. The van der Waals surface area contributed by atoms with E-state index in [2.05, 4.69) is 20.2 Å². The van der Waals surface area contributed by atoms with E-state index >= 15 is 0 Å². The smallest absolute Gasteiger partial charge is 0.242 e. The summed E-state index contributed by atoms with van der Waals surface area (Å²) in [5.41, 5.74) is -0.366. The van der Waals surface area contributed by atoms with Crippen LogP contribution >= 0.6 is 0 Å². The fourth-order valence-corrected chi connectivity index (χ4v) is 3.90. The minimum atomic E-state index is -0.366. The molecule has 2 heterocycles. The number of carbonyl (C=O) groups excluding carboxylic acids is 1. The van der Waals surface area contributed by atoms with Gasteiger partial charge in [-0.2, -0.15) is 0 Å². The van der Waals surface area contributed by atoms with Gasteiger partial charge in [0.2, 0.25) is 11.9 Å². The molecule has 0 radical (unpaired) electrons. The zero-order chi connectivity index (χ0) is 17.2. The number of rotatable bonds is 5. The number of hydrogen-bond donors (Lipinski definition) is 1. The predicted octanol–water partition coefficient (Wildman–Crippen LogP) is 2.16. The number of hydrogen-bond acceptors (Lipinski definition) is 5. The average molecular weight is 332 g/mol. The van der Waals surface area contributed by atoms with Crippen molar-refractivity contribution in [3.8, 4) is 0 Å². The number of carbonyl (C=O) groups is 1. The van der Waals surface area contributed by atoms with Gasteiger partial charge < -0.3 is 15.0 Å². The normalized spacial score (nSPS) is 27.0. The maximum Gasteiger partial charge on any atom is 0.242 e. The molecule has 1 saturated heterocycles. The van der Waals surface area contributed by atoms with Gasteiger partial charge in [0.1, 0.15) is 6.04 Å². The van der Waals surface area contributed by atoms with Gasteiger partial charge >= 0.3 is 0 Å². The molecule has 1 N–H and O–H groups in total. The molecule has 0 spiro atoms. The lowest BCUT2D eigenvalue weighted by atomic mass is 9.85. The molecule has 132 valence electrons. The third kappa shape index (κ3) is 3.53. The topological polar surface area (TPSA) is 67.3 Å². The summed E-state index contributed by atoms with van der Waals surface area (Å²) in [6, 6.07) is 2.01. The first kappa shape index (κ1) is 17.1. The lowest BCUT2D eigenvalue weighted by Gasteiger charge is -2.33. The van der Waals surface area contributed by atoms with Crippen molar-refractivity contribution in [2.75, 3.05) is 18.6 Å². The van der Waals surface area contributed by atoms with Gasteiger partial charge in [-0.1, -0.05) is 12.8 Å². The molecule has 1 aliphatic heterocycles. The van der Waals surface area contributed by atoms with Crippen molar-refractivity contribution < 1.29 is 9.53 Å². The molecule has 3 atom stereocenters. The Kier molecular flexibility index (Phi) is 5.04. The first-order valence-corrected chi connectivity index (χ1v) is 8.90. The molecular weight excluding hydrogens is 304 g/mol. The molecule has 2 fully saturated rings. The summed E-state index contributed by atoms with van der Waals surface area (Å²) in [7, 11) is 1.67. The number of amides is 1. The molecular formula is C18H28N4O2. The Hall–Kier alpha value is -1.69. The zero-order valence-electron chi connectivity index (χ0n) is 14.9. The first-order chi connectivity index (χ1) is 11.5. The van der Waals surface area contributed by atoms with Crippen LogP contribution in [0, 0.1) is 5.92 Å². The molecule has 6 heteroatoms. The zero-order valence-corrected chi connectivity index (χ0v) is 14.9. The second-order valence-corrected chi connectivity index (χ2v) is 7.50. The Morgan fingerprint density at radius 1 is 1.33 bits per heavy atom. The monoisotopic (exact) mass is 332 g/mol. The molecule has 3 unspecified atom stereocenters. The summed E-state index contributed by atoms with van der Waals surface area (Å²) < 4.78 is 5.40. The number of anilines is 1. The van der Waals surface area contributed by atoms with E-state index in [1.807, 2.05) is 19.9 Å². The Balaban J connectivity index is 1.78. The third-order valence-corrected chi connectivity index (χ3v) is 5.41. The molecule has 1 aliphatic carbocycles. The van der Waals surface area contributed by atoms with E-state index in [0.29, 0.717) is 24.5 Å². The van der Waals surface area contributed by atoms with Crippen molar-refractivity contribution in [3.63, 3.8) is 0 Å². The van der Waals surface area contributed by atoms with Crippen molar-refractivity contribution >= 4 is 11.9 Å². The number of nitrogens with one attached hydrogen (secondary N) is 1. The minimum Gasteiger partial charge on any atom is -0.377 e. The molecule has 1 aromatic rings. The summed E-state index contributed by atoms with van der Waals surface area (Å²) in [5.74, 6) is 1.30. The van der Waals surface area contributed by atoms with E-state index < -0.39 is 0 Å². The summed E-state index contributed by atoms with van der Waals surface area (Å²) >= 11 is 0. The highest BCUT2D eigenvalue weighted by Crippen LogP contribution is 2.41. The molecule has 6 nitrogen and oxygen atoms in total. The van der Waals surface area contributed by atoms with Crippen molar-refractivity contribution in [2.45, 2.75) is 63.6 Å². The Morgan fingerprint density at radius 2 is 2.04 bits per heavy atom. The highest BCUT2D eigenvalue weighted by molar-refractivity contribution is 5.85. The third-order valence-electron chi connectivity index (χ3n) is 5.41. The van der Waals surface area contributed by atoms with Crippen LogP contribution in [0.1, 0.15) is 46.0 Å². The van der Waals surface area contributed by atoms with E-state index in [-0.39, 0.29) is 17.6 Å². The van der Waals surface area contributed by atoms with Crippen LogP contribution in [0.3, 0.4) is 0 Å². The second-order valence-electron chi connectivity index (χ2n) is 7.50. The van der Waals surface area contributed by atoms with Crippen LogP contribution in [-0.2, 0) is 9.53 Å². The lowest BCUT2D eigenvalue weighted by Crippen LogP contribution is -2.50. The quantitative estimate of drug-likeness (QED) is 0.895.